The van der Waals surface area contributed by atoms with Crippen molar-refractivity contribution in [2.45, 2.75) is 19.8 Å². The van der Waals surface area contributed by atoms with Crippen molar-refractivity contribution in [3.05, 3.63) is 29.8 Å². The Kier molecular flexibility index (Phi) is 5.70. The summed E-state index contributed by atoms with van der Waals surface area (Å²) in [6.07, 6.45) is 2.04. The molecule has 1 aromatic carbocycles. The van der Waals surface area contributed by atoms with E-state index in [9.17, 15) is 14.7 Å². The molecule has 0 bridgehead atoms. The van der Waals surface area contributed by atoms with Crippen molar-refractivity contribution in [2.24, 2.45) is 0 Å². The minimum atomic E-state index is -1.32. The van der Waals surface area contributed by atoms with Crippen molar-refractivity contribution in [3.63, 3.8) is 0 Å². The summed E-state index contributed by atoms with van der Waals surface area (Å²) in [4.78, 5) is 21.7. The maximum atomic E-state index is 11.5. The molecule has 0 heterocycles. The second-order valence-electron chi connectivity index (χ2n) is 3.78. The average Bonchev–Trinajstić information content (AvgIpc) is 2.37. The van der Waals surface area contributed by atoms with Crippen LogP contribution in [-0.2, 0) is 4.79 Å². The van der Waals surface area contributed by atoms with Crippen LogP contribution >= 0.6 is 0 Å². The summed E-state index contributed by atoms with van der Waals surface area (Å²) in [5.41, 5.74) is 0.388. The first-order valence-corrected chi connectivity index (χ1v) is 5.84. The van der Waals surface area contributed by atoms with Gasteiger partial charge in [0.15, 0.2) is 0 Å². The van der Waals surface area contributed by atoms with Gasteiger partial charge >= 0.3 is 0 Å². The van der Waals surface area contributed by atoms with E-state index in [-0.39, 0.29) is 0 Å². The molecule has 1 amide bonds. The van der Waals surface area contributed by atoms with Crippen molar-refractivity contribution in [2.75, 3.05) is 13.2 Å². The molecule has 1 N–H and O–H groups in total. The minimum Gasteiger partial charge on any atom is -0.548 e. The van der Waals surface area contributed by atoms with E-state index in [2.05, 4.69) is 12.2 Å². The molecule has 0 saturated carbocycles. The molecular weight excluding hydrogens is 234 g/mol. The number of aliphatic carboxylic acids is 1. The van der Waals surface area contributed by atoms with E-state index in [1.165, 1.54) is 0 Å². The first-order valence-electron chi connectivity index (χ1n) is 5.84. The molecule has 5 nitrogen and oxygen atoms in total. The van der Waals surface area contributed by atoms with Crippen LogP contribution in [0.4, 0.5) is 0 Å². The third kappa shape index (κ3) is 4.86. The quantitative estimate of drug-likeness (QED) is 0.708. The van der Waals surface area contributed by atoms with Gasteiger partial charge in [-0.15, -0.1) is 0 Å². The van der Waals surface area contributed by atoms with Gasteiger partial charge in [-0.05, 0) is 30.7 Å². The van der Waals surface area contributed by atoms with Crippen LogP contribution in [0.25, 0.3) is 0 Å². The van der Waals surface area contributed by atoms with Crippen molar-refractivity contribution in [1.82, 2.24) is 5.32 Å². The van der Waals surface area contributed by atoms with Crippen LogP contribution in [0.15, 0.2) is 24.3 Å². The summed E-state index contributed by atoms with van der Waals surface area (Å²) < 4.78 is 5.44. The van der Waals surface area contributed by atoms with Gasteiger partial charge in [-0.1, -0.05) is 13.3 Å². The van der Waals surface area contributed by atoms with Crippen molar-refractivity contribution < 1.29 is 19.4 Å². The van der Waals surface area contributed by atoms with Gasteiger partial charge in [0.25, 0.3) is 5.91 Å². The van der Waals surface area contributed by atoms with E-state index in [1.54, 1.807) is 24.3 Å². The number of hydrogen-bond acceptors (Lipinski definition) is 4. The van der Waals surface area contributed by atoms with Gasteiger partial charge in [-0.2, -0.15) is 0 Å². The number of carbonyl (C=O) groups is 2. The van der Waals surface area contributed by atoms with Crippen LogP contribution in [-0.4, -0.2) is 25.0 Å². The summed E-state index contributed by atoms with van der Waals surface area (Å²) in [6.45, 7) is 2.23. The van der Waals surface area contributed by atoms with Crippen LogP contribution in [0.1, 0.15) is 30.1 Å². The largest absolute Gasteiger partial charge is 0.548 e. The van der Waals surface area contributed by atoms with Gasteiger partial charge in [0.2, 0.25) is 0 Å². The van der Waals surface area contributed by atoms with E-state index < -0.39 is 18.4 Å². The number of carbonyl (C=O) groups excluding carboxylic acids is 2. The zero-order valence-corrected chi connectivity index (χ0v) is 10.3. The van der Waals surface area contributed by atoms with Crippen molar-refractivity contribution >= 4 is 11.9 Å². The van der Waals surface area contributed by atoms with Crippen molar-refractivity contribution in [1.29, 1.82) is 0 Å². The van der Waals surface area contributed by atoms with E-state index in [4.69, 9.17) is 4.74 Å². The summed E-state index contributed by atoms with van der Waals surface area (Å²) in [5.74, 6) is -1.07. The zero-order valence-electron chi connectivity index (χ0n) is 10.3. The number of nitrogens with one attached hydrogen (secondary N) is 1. The fourth-order valence-corrected chi connectivity index (χ4v) is 1.29. The van der Waals surface area contributed by atoms with Crippen LogP contribution in [0.2, 0.25) is 0 Å². The van der Waals surface area contributed by atoms with E-state index >= 15 is 0 Å². The number of carboxylic acids is 1. The third-order valence-electron chi connectivity index (χ3n) is 2.28. The molecule has 1 rings (SSSR count). The number of rotatable bonds is 7. The summed E-state index contributed by atoms with van der Waals surface area (Å²) in [6, 6.07) is 6.55. The molecule has 0 aromatic heterocycles. The van der Waals surface area contributed by atoms with Gasteiger partial charge in [0.1, 0.15) is 5.75 Å². The Morgan fingerprint density at radius 2 is 1.94 bits per heavy atom. The number of hydrogen-bond donors (Lipinski definition) is 1. The fourth-order valence-electron chi connectivity index (χ4n) is 1.29. The summed E-state index contributed by atoms with van der Waals surface area (Å²) >= 11 is 0. The van der Waals surface area contributed by atoms with Crippen LogP contribution in [0.5, 0.6) is 5.75 Å². The van der Waals surface area contributed by atoms with Gasteiger partial charge in [0, 0.05) is 5.56 Å². The van der Waals surface area contributed by atoms with Gasteiger partial charge in [-0.25, -0.2) is 0 Å². The van der Waals surface area contributed by atoms with Gasteiger partial charge in [0.05, 0.1) is 19.1 Å². The van der Waals surface area contributed by atoms with E-state index in [0.29, 0.717) is 17.9 Å². The molecular formula is C13H16NO4-. The Morgan fingerprint density at radius 3 is 2.50 bits per heavy atom. The van der Waals surface area contributed by atoms with Crippen molar-refractivity contribution in [3.8, 4) is 5.75 Å². The van der Waals surface area contributed by atoms with E-state index in [0.717, 1.165) is 12.8 Å². The monoisotopic (exact) mass is 250 g/mol. The van der Waals surface area contributed by atoms with E-state index in [1.807, 2.05) is 0 Å². The molecule has 0 atom stereocenters. The standard InChI is InChI=1S/C13H17NO4/c1-2-3-8-18-11-6-4-10(5-7-11)13(17)14-9-12(15)16/h4-7H,2-3,8-9H2,1H3,(H,14,17)(H,15,16)/p-1. The van der Waals surface area contributed by atoms with Gasteiger partial charge < -0.3 is 20.0 Å². The molecule has 0 fully saturated rings. The lowest BCUT2D eigenvalue weighted by molar-refractivity contribution is -0.303. The van der Waals surface area contributed by atoms with Crippen LogP contribution < -0.4 is 15.2 Å². The predicted molar refractivity (Wildman–Crippen MR) is 64.2 cm³/mol. The average molecular weight is 250 g/mol. The third-order valence-corrected chi connectivity index (χ3v) is 2.28. The topological polar surface area (TPSA) is 78.5 Å². The lowest BCUT2D eigenvalue weighted by Crippen LogP contribution is -2.37. The molecule has 1 aromatic rings. The number of ether oxygens (including phenoxy) is 1. The Bertz CT molecular complexity index is 400. The number of benzene rings is 1. The normalized spacial score (nSPS) is 9.83. The molecule has 0 aliphatic rings. The maximum absolute atomic E-state index is 11.5. The second-order valence-corrected chi connectivity index (χ2v) is 3.78. The second kappa shape index (κ2) is 7.32. The van der Waals surface area contributed by atoms with Gasteiger partial charge in [-0.3, -0.25) is 4.79 Å². The summed E-state index contributed by atoms with van der Waals surface area (Å²) in [7, 11) is 0. The zero-order chi connectivity index (χ0) is 13.4. The Labute approximate surface area is 106 Å². The number of carboxylic acid groups (broad SMARTS) is 1. The number of unbranched alkanes of at least 4 members (excludes halogenated alkanes) is 1. The summed E-state index contributed by atoms with van der Waals surface area (Å²) in [5, 5.41) is 12.4. The first kappa shape index (κ1) is 14.0. The minimum absolute atomic E-state index is 0.388. The van der Waals surface area contributed by atoms with Crippen LogP contribution in [0, 0.1) is 0 Å². The Balaban J connectivity index is 2.48. The first-order chi connectivity index (χ1) is 8.63. The molecule has 18 heavy (non-hydrogen) atoms. The Morgan fingerprint density at radius 1 is 1.28 bits per heavy atom. The molecule has 5 heteroatoms. The molecule has 98 valence electrons. The number of amides is 1. The maximum Gasteiger partial charge on any atom is 0.251 e. The Hall–Kier alpha value is -2.04. The fraction of sp³-hybridized carbons (Fsp3) is 0.385. The van der Waals surface area contributed by atoms with Crippen LogP contribution in [0.3, 0.4) is 0 Å². The SMILES string of the molecule is CCCCOc1ccc(C(=O)NCC(=O)[O-])cc1. The molecule has 0 aliphatic carbocycles. The highest BCUT2D eigenvalue weighted by Crippen LogP contribution is 2.12. The highest BCUT2D eigenvalue weighted by molar-refractivity contribution is 5.95. The predicted octanol–water partition coefficient (Wildman–Crippen LogP) is 0.345. The molecule has 0 aliphatic heterocycles. The highest BCUT2D eigenvalue weighted by Gasteiger charge is 2.04. The lowest BCUT2D eigenvalue weighted by Gasteiger charge is -2.07. The molecule has 0 unspecified atom stereocenters. The molecule has 0 spiro atoms. The lowest BCUT2D eigenvalue weighted by atomic mass is 10.2. The molecule has 0 saturated heterocycles. The highest BCUT2D eigenvalue weighted by atomic mass is 16.5. The molecule has 0 radical (unpaired) electrons. The smallest absolute Gasteiger partial charge is 0.251 e.